The Labute approximate surface area is 132 Å². The zero-order valence-electron chi connectivity index (χ0n) is 10.5. The lowest BCUT2D eigenvalue weighted by Gasteiger charge is -2.01. The van der Waals surface area contributed by atoms with Crippen LogP contribution >= 0.6 is 39.0 Å². The molecule has 0 spiro atoms. The van der Waals surface area contributed by atoms with Crippen LogP contribution in [0, 0.1) is 6.92 Å². The van der Waals surface area contributed by atoms with Crippen molar-refractivity contribution >= 4 is 44.0 Å². The summed E-state index contributed by atoms with van der Waals surface area (Å²) < 4.78 is 2.41. The number of hydrogen-bond acceptors (Lipinski definition) is 5. The third-order valence-corrected chi connectivity index (χ3v) is 5.00. The minimum absolute atomic E-state index is 0.120. The quantitative estimate of drug-likeness (QED) is 0.664. The number of fused-ring (bicyclic) bond motifs is 1. The highest BCUT2D eigenvalue weighted by Gasteiger charge is 2.07. The molecule has 2 heterocycles. The van der Waals surface area contributed by atoms with E-state index in [4.69, 9.17) is 0 Å². The van der Waals surface area contributed by atoms with Crippen molar-refractivity contribution in [2.45, 2.75) is 17.6 Å². The molecular formula is C13H10BrN3OS2. The molecule has 3 aromatic rings. The van der Waals surface area contributed by atoms with Gasteiger partial charge in [-0.2, -0.15) is 9.61 Å². The van der Waals surface area contributed by atoms with Gasteiger partial charge in [0.2, 0.25) is 4.96 Å². The molecule has 0 atom stereocenters. The zero-order valence-corrected chi connectivity index (χ0v) is 13.8. The molecule has 7 heteroatoms. The number of thioether (sulfide) groups is 1. The Bertz CT molecular complexity index is 811. The van der Waals surface area contributed by atoms with Crippen molar-refractivity contribution in [1.29, 1.82) is 0 Å². The molecular weight excluding hydrogens is 358 g/mol. The van der Waals surface area contributed by atoms with Gasteiger partial charge in [0.05, 0.1) is 5.69 Å². The van der Waals surface area contributed by atoms with Crippen LogP contribution in [0.15, 0.2) is 44.5 Å². The van der Waals surface area contributed by atoms with E-state index in [0.29, 0.717) is 10.7 Å². The second-order valence-electron chi connectivity index (χ2n) is 4.14. The van der Waals surface area contributed by atoms with Crippen LogP contribution in [0.1, 0.15) is 10.7 Å². The third-order valence-electron chi connectivity index (χ3n) is 2.60. The van der Waals surface area contributed by atoms with E-state index < -0.39 is 0 Å². The molecule has 0 N–H and O–H groups in total. The third kappa shape index (κ3) is 2.94. The topological polar surface area (TPSA) is 47.3 Å². The highest BCUT2D eigenvalue weighted by molar-refractivity contribution is 9.10. The van der Waals surface area contributed by atoms with Crippen LogP contribution in [0.25, 0.3) is 4.96 Å². The average Bonchev–Trinajstić information content (AvgIpc) is 2.79. The SMILES string of the molecule is Cc1nn2c(=O)cc(CSc3ccc(Br)cc3)nc2s1. The van der Waals surface area contributed by atoms with Crippen LogP contribution < -0.4 is 5.56 Å². The van der Waals surface area contributed by atoms with Crippen molar-refractivity contribution in [2.24, 2.45) is 0 Å². The first-order valence-electron chi connectivity index (χ1n) is 5.86. The molecule has 0 unspecified atom stereocenters. The van der Waals surface area contributed by atoms with E-state index in [0.717, 1.165) is 20.1 Å². The van der Waals surface area contributed by atoms with Crippen molar-refractivity contribution in [1.82, 2.24) is 14.6 Å². The molecule has 0 aliphatic heterocycles. The van der Waals surface area contributed by atoms with Crippen molar-refractivity contribution in [3.05, 3.63) is 55.9 Å². The summed E-state index contributed by atoms with van der Waals surface area (Å²) in [5.74, 6) is 0.671. The molecule has 1 aromatic carbocycles. The number of hydrogen-bond donors (Lipinski definition) is 0. The minimum Gasteiger partial charge on any atom is -0.267 e. The highest BCUT2D eigenvalue weighted by Crippen LogP contribution is 2.23. The Morgan fingerprint density at radius 2 is 2.10 bits per heavy atom. The number of aromatic nitrogens is 3. The van der Waals surface area contributed by atoms with Gasteiger partial charge in [-0.15, -0.1) is 11.8 Å². The lowest BCUT2D eigenvalue weighted by atomic mass is 10.4. The molecule has 4 nitrogen and oxygen atoms in total. The first-order chi connectivity index (χ1) is 9.61. The predicted octanol–water partition coefficient (Wildman–Crippen LogP) is 3.51. The van der Waals surface area contributed by atoms with Crippen LogP contribution in [0.2, 0.25) is 0 Å². The summed E-state index contributed by atoms with van der Waals surface area (Å²) in [6, 6.07) is 9.63. The van der Waals surface area contributed by atoms with Crippen LogP contribution in [0.5, 0.6) is 0 Å². The fourth-order valence-corrected chi connectivity index (χ4v) is 3.54. The van der Waals surface area contributed by atoms with E-state index in [1.54, 1.807) is 17.8 Å². The van der Waals surface area contributed by atoms with E-state index in [-0.39, 0.29) is 5.56 Å². The molecule has 0 aliphatic carbocycles. The summed E-state index contributed by atoms with van der Waals surface area (Å²) in [7, 11) is 0. The maximum atomic E-state index is 11.9. The summed E-state index contributed by atoms with van der Waals surface area (Å²) in [6.45, 7) is 1.87. The van der Waals surface area contributed by atoms with Gasteiger partial charge in [0.1, 0.15) is 5.01 Å². The minimum atomic E-state index is -0.120. The normalized spacial score (nSPS) is 11.1. The predicted molar refractivity (Wildman–Crippen MR) is 85.6 cm³/mol. The van der Waals surface area contributed by atoms with E-state index in [9.17, 15) is 4.79 Å². The molecule has 0 amide bonds. The van der Waals surface area contributed by atoms with Gasteiger partial charge in [0.15, 0.2) is 0 Å². The van der Waals surface area contributed by atoms with E-state index in [2.05, 4.69) is 26.0 Å². The maximum Gasteiger partial charge on any atom is 0.275 e. The van der Waals surface area contributed by atoms with Gasteiger partial charge in [-0.05, 0) is 31.2 Å². The Hall–Kier alpha value is -1.18. The second kappa shape index (κ2) is 5.67. The molecule has 3 rings (SSSR count). The standard InChI is InChI=1S/C13H10BrN3OS2/c1-8-16-17-12(18)6-10(15-13(17)20-8)7-19-11-4-2-9(14)3-5-11/h2-6H,7H2,1H3. The molecule has 102 valence electrons. The lowest BCUT2D eigenvalue weighted by molar-refractivity contribution is 0.872. The molecule has 0 radical (unpaired) electrons. The molecule has 0 aliphatic rings. The van der Waals surface area contributed by atoms with Crippen molar-refractivity contribution in [3.8, 4) is 0 Å². The van der Waals surface area contributed by atoms with Crippen molar-refractivity contribution in [3.63, 3.8) is 0 Å². The first kappa shape index (κ1) is 13.8. The van der Waals surface area contributed by atoms with E-state index in [1.165, 1.54) is 15.9 Å². The van der Waals surface area contributed by atoms with Gasteiger partial charge >= 0.3 is 0 Å². The number of aryl methyl sites for hydroxylation is 1. The molecule has 0 fully saturated rings. The van der Waals surface area contributed by atoms with Gasteiger partial charge in [-0.25, -0.2) is 4.98 Å². The monoisotopic (exact) mass is 367 g/mol. The summed E-state index contributed by atoms with van der Waals surface area (Å²) in [4.78, 5) is 18.2. The second-order valence-corrected chi connectivity index (χ2v) is 7.27. The van der Waals surface area contributed by atoms with Gasteiger partial charge in [0, 0.05) is 21.2 Å². The fraction of sp³-hybridized carbons (Fsp3) is 0.154. The van der Waals surface area contributed by atoms with Crippen LogP contribution in [-0.4, -0.2) is 14.6 Å². The Kier molecular flexibility index (Phi) is 3.91. The molecule has 0 bridgehead atoms. The molecule has 0 saturated carbocycles. The van der Waals surface area contributed by atoms with Gasteiger partial charge in [-0.1, -0.05) is 27.3 Å². The average molecular weight is 368 g/mol. The summed E-state index contributed by atoms with van der Waals surface area (Å²) in [5.41, 5.74) is 0.664. The molecule has 20 heavy (non-hydrogen) atoms. The fourth-order valence-electron chi connectivity index (χ4n) is 1.71. The van der Waals surface area contributed by atoms with E-state index in [1.807, 2.05) is 31.2 Å². The van der Waals surface area contributed by atoms with Gasteiger partial charge in [0.25, 0.3) is 5.56 Å². The molecule has 2 aromatic heterocycles. The van der Waals surface area contributed by atoms with Crippen LogP contribution in [-0.2, 0) is 5.75 Å². The largest absolute Gasteiger partial charge is 0.275 e. The van der Waals surface area contributed by atoms with E-state index >= 15 is 0 Å². The Morgan fingerprint density at radius 3 is 2.85 bits per heavy atom. The first-order valence-corrected chi connectivity index (χ1v) is 8.46. The zero-order chi connectivity index (χ0) is 14.1. The Balaban J connectivity index is 1.84. The summed E-state index contributed by atoms with van der Waals surface area (Å²) in [6.07, 6.45) is 0. The summed E-state index contributed by atoms with van der Waals surface area (Å²) >= 11 is 6.50. The number of halogens is 1. The Morgan fingerprint density at radius 1 is 1.35 bits per heavy atom. The van der Waals surface area contributed by atoms with Crippen LogP contribution in [0.3, 0.4) is 0 Å². The van der Waals surface area contributed by atoms with Crippen molar-refractivity contribution < 1.29 is 0 Å². The van der Waals surface area contributed by atoms with Crippen LogP contribution in [0.4, 0.5) is 0 Å². The van der Waals surface area contributed by atoms with Crippen molar-refractivity contribution in [2.75, 3.05) is 0 Å². The number of rotatable bonds is 3. The van der Waals surface area contributed by atoms with Gasteiger partial charge in [-0.3, -0.25) is 4.79 Å². The smallest absolute Gasteiger partial charge is 0.267 e. The highest BCUT2D eigenvalue weighted by atomic mass is 79.9. The molecule has 0 saturated heterocycles. The summed E-state index contributed by atoms with van der Waals surface area (Å²) in [5, 5.41) is 4.97. The van der Waals surface area contributed by atoms with Gasteiger partial charge < -0.3 is 0 Å². The maximum absolute atomic E-state index is 11.9. The lowest BCUT2D eigenvalue weighted by Crippen LogP contribution is -2.15. The number of nitrogens with zero attached hydrogens (tertiary/aromatic N) is 3. The number of benzene rings is 1.